The second kappa shape index (κ2) is 11.6. The Labute approximate surface area is 196 Å². The number of aliphatic hydroxyl groups is 2. The van der Waals surface area contributed by atoms with E-state index in [1.165, 1.54) is 28.6 Å². The maximum atomic E-state index is 12.6. The van der Waals surface area contributed by atoms with Crippen LogP contribution in [0.4, 0.5) is 4.79 Å². The Balaban J connectivity index is 2.00. The Hall–Kier alpha value is -2.41. The van der Waals surface area contributed by atoms with Crippen LogP contribution < -0.4 is 15.6 Å². The van der Waals surface area contributed by atoms with Crippen LogP contribution in [0.3, 0.4) is 0 Å². The summed E-state index contributed by atoms with van der Waals surface area (Å²) in [6.45, 7) is 4.77. The largest absolute Gasteiger partial charge is 0.461 e. The molecule has 0 aliphatic carbocycles. The molecule has 33 heavy (non-hydrogen) atoms. The van der Waals surface area contributed by atoms with E-state index >= 15 is 0 Å². The van der Waals surface area contributed by atoms with Gasteiger partial charge in [-0.25, -0.2) is 9.59 Å². The summed E-state index contributed by atoms with van der Waals surface area (Å²) in [6.07, 6.45) is -0.365. The highest BCUT2D eigenvalue weighted by Crippen LogP contribution is 2.26. The van der Waals surface area contributed by atoms with Crippen LogP contribution in [-0.2, 0) is 19.0 Å². The Bertz CT molecular complexity index is 847. The van der Waals surface area contributed by atoms with Crippen LogP contribution >= 0.6 is 11.8 Å². The molecule has 1 aromatic rings. The number of nitrogens with two attached hydrogens (primary N) is 1. The second-order valence-electron chi connectivity index (χ2n) is 8.56. The molecule has 2 rings (SSSR count). The van der Waals surface area contributed by atoms with E-state index in [9.17, 15) is 24.6 Å². The summed E-state index contributed by atoms with van der Waals surface area (Å²) in [4.78, 5) is 36.1. The van der Waals surface area contributed by atoms with E-state index in [4.69, 9.17) is 19.9 Å². The van der Waals surface area contributed by atoms with Gasteiger partial charge in [0.15, 0.2) is 18.5 Å². The Morgan fingerprint density at radius 3 is 2.61 bits per heavy atom. The van der Waals surface area contributed by atoms with Crippen LogP contribution in [-0.4, -0.2) is 76.8 Å². The van der Waals surface area contributed by atoms with Crippen molar-refractivity contribution >= 4 is 29.7 Å². The topological polar surface area (TPSA) is 161 Å². The first-order chi connectivity index (χ1) is 15.4. The normalized spacial score (nSPS) is 23.6. The van der Waals surface area contributed by atoms with Crippen molar-refractivity contribution in [1.82, 2.24) is 5.32 Å². The molecular weight excluding hydrogens is 454 g/mol. The Kier molecular flexibility index (Phi) is 9.46. The minimum absolute atomic E-state index is 0.197. The van der Waals surface area contributed by atoms with Crippen molar-refractivity contribution in [3.8, 4) is 0 Å². The highest BCUT2D eigenvalue weighted by atomic mass is 32.2. The van der Waals surface area contributed by atoms with E-state index in [0.29, 0.717) is 12.2 Å². The van der Waals surface area contributed by atoms with Crippen molar-refractivity contribution < 1.29 is 43.4 Å². The summed E-state index contributed by atoms with van der Waals surface area (Å²) in [5, 5.41) is 23.3. The molecule has 1 aromatic heterocycles. The number of nitrogens with one attached hydrogen (secondary N) is 1. The number of pyridine rings is 1. The summed E-state index contributed by atoms with van der Waals surface area (Å²) in [7, 11) is 0. The molecule has 2 heterocycles. The Morgan fingerprint density at radius 2 is 2.00 bits per heavy atom. The monoisotopic (exact) mass is 486 g/mol. The van der Waals surface area contributed by atoms with E-state index in [1.54, 1.807) is 33.0 Å². The fourth-order valence-corrected chi connectivity index (χ4v) is 3.58. The lowest BCUT2D eigenvalue weighted by atomic mass is 10.1. The number of nitrogens with zero attached hydrogens (tertiary/aromatic N) is 1. The number of hydrogen-bond donors (Lipinski definition) is 4. The van der Waals surface area contributed by atoms with Crippen molar-refractivity contribution in [2.45, 2.75) is 63.4 Å². The first-order valence-corrected chi connectivity index (χ1v) is 11.8. The molecule has 1 aliphatic heterocycles. The summed E-state index contributed by atoms with van der Waals surface area (Å²) in [5.74, 6) is -0.783. The van der Waals surface area contributed by atoms with E-state index in [1.807, 2.05) is 6.26 Å². The molecule has 1 aliphatic rings. The fourth-order valence-electron chi connectivity index (χ4n) is 3.11. The molecule has 11 nitrogen and oxygen atoms in total. The van der Waals surface area contributed by atoms with Crippen LogP contribution in [0.25, 0.3) is 0 Å². The van der Waals surface area contributed by atoms with Crippen molar-refractivity contribution in [1.29, 1.82) is 0 Å². The van der Waals surface area contributed by atoms with Crippen molar-refractivity contribution in [3.05, 3.63) is 30.1 Å². The molecule has 184 valence electrons. The molecule has 0 spiro atoms. The third-order valence-corrected chi connectivity index (χ3v) is 5.36. The number of esters is 1. The maximum absolute atomic E-state index is 12.6. The number of ether oxygens (including phenoxy) is 3. The molecule has 0 unspecified atom stereocenters. The molecular formula is C21H32N3O8S+. The molecule has 2 amide bonds. The summed E-state index contributed by atoms with van der Waals surface area (Å²) in [6, 6.07) is 2.10. The number of thioether (sulfide) groups is 1. The van der Waals surface area contributed by atoms with Crippen molar-refractivity contribution in [2.24, 2.45) is 5.73 Å². The zero-order valence-corrected chi connectivity index (χ0v) is 19.9. The first-order valence-electron chi connectivity index (χ1n) is 10.4. The van der Waals surface area contributed by atoms with Gasteiger partial charge in [-0.1, -0.05) is 0 Å². The number of amides is 2. The quantitative estimate of drug-likeness (QED) is 0.275. The number of aliphatic hydroxyl groups excluding tert-OH is 2. The molecule has 5 N–H and O–H groups in total. The van der Waals surface area contributed by atoms with Crippen LogP contribution in [0.5, 0.6) is 0 Å². The van der Waals surface area contributed by atoms with Gasteiger partial charge >= 0.3 is 12.1 Å². The predicted molar refractivity (Wildman–Crippen MR) is 118 cm³/mol. The minimum Gasteiger partial charge on any atom is -0.461 e. The van der Waals surface area contributed by atoms with Gasteiger partial charge in [0.05, 0.1) is 0 Å². The molecule has 0 saturated carbocycles. The third kappa shape index (κ3) is 7.84. The standard InChI is InChI=1S/C21H31N3O8S/c1-21(2,3)32-20(29)23-13(7-9-33-4)19(28)30-11-14-15(25)16(26)18(31-14)24-8-5-6-12(10-24)17(22)27/h5-6,8,10,13-16,18,25-26H,7,9,11H2,1-4H3,(H2-,22,23,27,29)/p+1/t13-,14+,15+,16+,18+/m0/s1. The van der Waals surface area contributed by atoms with Crippen molar-refractivity contribution in [2.75, 3.05) is 18.6 Å². The lowest BCUT2D eigenvalue weighted by Gasteiger charge is -2.23. The highest BCUT2D eigenvalue weighted by Gasteiger charge is 2.49. The van der Waals surface area contributed by atoms with E-state index in [0.717, 1.165) is 0 Å². The zero-order valence-electron chi connectivity index (χ0n) is 19.1. The second-order valence-corrected chi connectivity index (χ2v) is 9.55. The number of hydrogen-bond acceptors (Lipinski definition) is 9. The van der Waals surface area contributed by atoms with E-state index in [-0.39, 0.29) is 12.2 Å². The molecule has 1 fully saturated rings. The van der Waals surface area contributed by atoms with Crippen LogP contribution in [0.1, 0.15) is 43.8 Å². The van der Waals surface area contributed by atoms with Gasteiger partial charge < -0.3 is 35.5 Å². The van der Waals surface area contributed by atoms with Crippen LogP contribution in [0, 0.1) is 0 Å². The van der Waals surface area contributed by atoms with Gasteiger partial charge in [0.1, 0.15) is 36.0 Å². The van der Waals surface area contributed by atoms with Crippen molar-refractivity contribution in [3.63, 3.8) is 0 Å². The van der Waals surface area contributed by atoms with Gasteiger partial charge in [-0.3, -0.25) is 4.79 Å². The third-order valence-electron chi connectivity index (χ3n) is 4.71. The summed E-state index contributed by atoms with van der Waals surface area (Å²) in [5.41, 5.74) is 4.75. The molecule has 12 heteroatoms. The predicted octanol–water partition coefficient (Wildman–Crippen LogP) is -0.118. The summed E-state index contributed by atoms with van der Waals surface area (Å²) < 4.78 is 17.6. The number of alkyl carbamates (subject to hydrolysis) is 1. The highest BCUT2D eigenvalue weighted by molar-refractivity contribution is 7.98. The molecule has 5 atom stereocenters. The maximum Gasteiger partial charge on any atom is 0.408 e. The zero-order chi connectivity index (χ0) is 24.8. The van der Waals surface area contributed by atoms with Crippen LogP contribution in [0.2, 0.25) is 0 Å². The molecule has 0 radical (unpaired) electrons. The first kappa shape index (κ1) is 26.8. The number of primary amides is 1. The smallest absolute Gasteiger partial charge is 0.408 e. The van der Waals surface area contributed by atoms with E-state index < -0.39 is 54.2 Å². The molecule has 0 bridgehead atoms. The number of rotatable bonds is 9. The number of aromatic nitrogens is 1. The van der Waals surface area contributed by atoms with Gasteiger partial charge in [-0.05, 0) is 45.3 Å². The molecule has 1 saturated heterocycles. The summed E-state index contributed by atoms with van der Waals surface area (Å²) >= 11 is 1.50. The lowest BCUT2D eigenvalue weighted by molar-refractivity contribution is -0.765. The van der Waals surface area contributed by atoms with Gasteiger partial charge in [0.2, 0.25) is 0 Å². The molecule has 0 aromatic carbocycles. The average molecular weight is 487 g/mol. The Morgan fingerprint density at radius 1 is 1.30 bits per heavy atom. The number of carbonyl (C=O) groups is 3. The number of carbonyl (C=O) groups excluding carboxylic acids is 3. The average Bonchev–Trinajstić information content (AvgIpc) is 3.02. The van der Waals surface area contributed by atoms with Gasteiger partial charge in [-0.15, -0.1) is 0 Å². The van der Waals surface area contributed by atoms with Crippen LogP contribution in [0.15, 0.2) is 24.5 Å². The van der Waals surface area contributed by atoms with Gasteiger partial charge in [0, 0.05) is 6.07 Å². The minimum atomic E-state index is -1.35. The van der Waals surface area contributed by atoms with E-state index in [2.05, 4.69) is 5.32 Å². The van der Waals surface area contributed by atoms with Gasteiger partial charge in [-0.2, -0.15) is 16.3 Å². The lowest BCUT2D eigenvalue weighted by Crippen LogP contribution is -2.46. The fraction of sp³-hybridized carbons (Fsp3) is 0.619. The van der Waals surface area contributed by atoms with Gasteiger partial charge in [0.25, 0.3) is 12.1 Å². The SMILES string of the molecule is CSCC[C@H](NC(=O)OC(C)(C)C)C(=O)OC[C@H]1O[C@@H]([n+]2cccc(C(N)=O)c2)[C@H](O)[C@@H]1O.